The molecule has 4 aromatic rings. The third-order valence-corrected chi connectivity index (χ3v) is 4.60. The molecule has 1 aromatic heterocycles. The van der Waals surface area contributed by atoms with E-state index in [9.17, 15) is 4.79 Å². The van der Waals surface area contributed by atoms with Crippen molar-refractivity contribution in [3.05, 3.63) is 77.3 Å². The zero-order valence-electron chi connectivity index (χ0n) is 12.2. The Morgan fingerprint density at radius 1 is 1.04 bits per heavy atom. The Hall–Kier alpha value is -2.72. The summed E-state index contributed by atoms with van der Waals surface area (Å²) in [5.74, 6) is -0.312. The zero-order valence-corrected chi connectivity index (χ0v) is 13.0. The van der Waals surface area contributed by atoms with Gasteiger partial charge in [-0.2, -0.15) is 0 Å². The minimum atomic E-state index is -0.312. The molecule has 23 heavy (non-hydrogen) atoms. The van der Waals surface area contributed by atoms with Crippen LogP contribution in [0.25, 0.3) is 21.0 Å². The van der Waals surface area contributed by atoms with E-state index in [1.165, 1.54) is 11.3 Å². The third-order valence-electron chi connectivity index (χ3n) is 3.81. The average molecular weight is 319 g/mol. The summed E-state index contributed by atoms with van der Waals surface area (Å²) in [5, 5.41) is 2.26. The summed E-state index contributed by atoms with van der Waals surface area (Å²) in [5.41, 5.74) is 4.24. The van der Waals surface area contributed by atoms with Crippen LogP contribution >= 0.6 is 11.3 Å². The first-order valence-electron chi connectivity index (χ1n) is 7.28. The van der Waals surface area contributed by atoms with E-state index in [-0.39, 0.29) is 12.6 Å². The zero-order chi connectivity index (χ0) is 15.6. The number of rotatable bonds is 3. The van der Waals surface area contributed by atoms with Gasteiger partial charge in [-0.25, -0.2) is 9.78 Å². The molecule has 0 aliphatic heterocycles. The Balaban J connectivity index is 1.56. The molecular weight excluding hydrogens is 306 g/mol. The van der Waals surface area contributed by atoms with Gasteiger partial charge in [0.1, 0.15) is 6.61 Å². The van der Waals surface area contributed by atoms with Gasteiger partial charge in [0.2, 0.25) is 0 Å². The fourth-order valence-electron chi connectivity index (χ4n) is 2.63. The summed E-state index contributed by atoms with van der Waals surface area (Å²) in [6.07, 6.45) is 0. The van der Waals surface area contributed by atoms with E-state index in [0.29, 0.717) is 5.56 Å². The van der Waals surface area contributed by atoms with Crippen molar-refractivity contribution in [3.63, 3.8) is 0 Å². The van der Waals surface area contributed by atoms with Gasteiger partial charge in [0.15, 0.2) is 0 Å². The fraction of sp³-hybridized carbons (Fsp3) is 0.0526. The highest BCUT2D eigenvalue weighted by Crippen LogP contribution is 2.21. The summed E-state index contributed by atoms with van der Waals surface area (Å²) < 4.78 is 6.48. The van der Waals surface area contributed by atoms with Crippen LogP contribution in [-0.2, 0) is 11.3 Å². The van der Waals surface area contributed by atoms with Crippen molar-refractivity contribution in [1.82, 2.24) is 4.98 Å². The maximum atomic E-state index is 12.3. The van der Waals surface area contributed by atoms with E-state index >= 15 is 0 Å². The summed E-state index contributed by atoms with van der Waals surface area (Å²) >= 11 is 1.52. The Morgan fingerprint density at radius 2 is 1.91 bits per heavy atom. The molecule has 0 saturated carbocycles. The van der Waals surface area contributed by atoms with Gasteiger partial charge < -0.3 is 4.74 Å². The van der Waals surface area contributed by atoms with Gasteiger partial charge in [-0.15, -0.1) is 11.3 Å². The molecule has 4 rings (SSSR count). The lowest BCUT2D eigenvalue weighted by Gasteiger charge is -2.08. The van der Waals surface area contributed by atoms with Crippen LogP contribution in [-0.4, -0.2) is 11.0 Å². The minimum Gasteiger partial charge on any atom is -0.457 e. The highest BCUT2D eigenvalue weighted by Gasteiger charge is 2.10. The summed E-state index contributed by atoms with van der Waals surface area (Å²) in [4.78, 5) is 16.5. The standard InChI is InChI=1S/C19H13NO2S/c21-19(14-8-9-17-18(10-14)23-12-20-17)22-11-15-6-3-5-13-4-1-2-7-16(13)15/h1-10,12H,11H2. The fourth-order valence-corrected chi connectivity index (χ4v) is 3.34. The molecule has 0 aliphatic rings. The number of carbonyl (C=O) groups is 1. The minimum absolute atomic E-state index is 0.265. The van der Waals surface area contributed by atoms with Gasteiger partial charge in [0.05, 0.1) is 21.3 Å². The number of nitrogens with zero attached hydrogens (tertiary/aromatic N) is 1. The van der Waals surface area contributed by atoms with Gasteiger partial charge in [0.25, 0.3) is 0 Å². The summed E-state index contributed by atoms with van der Waals surface area (Å²) in [7, 11) is 0. The second kappa shape index (κ2) is 5.82. The molecule has 0 radical (unpaired) electrons. The van der Waals surface area contributed by atoms with Gasteiger partial charge in [-0.1, -0.05) is 42.5 Å². The highest BCUT2D eigenvalue weighted by molar-refractivity contribution is 7.16. The van der Waals surface area contributed by atoms with Crippen molar-refractivity contribution < 1.29 is 9.53 Å². The first-order chi connectivity index (χ1) is 11.3. The molecule has 112 valence electrons. The molecule has 0 aliphatic carbocycles. The van der Waals surface area contributed by atoms with Crippen LogP contribution in [0.15, 0.2) is 66.2 Å². The molecule has 0 amide bonds. The quantitative estimate of drug-likeness (QED) is 0.509. The SMILES string of the molecule is O=C(OCc1cccc2ccccc12)c1ccc2ncsc2c1. The van der Waals surface area contributed by atoms with E-state index < -0.39 is 0 Å². The van der Waals surface area contributed by atoms with Crippen molar-refractivity contribution in [2.24, 2.45) is 0 Å². The second-order valence-corrected chi connectivity index (χ2v) is 6.14. The molecule has 0 unspecified atom stereocenters. The number of thiazole rings is 1. The van der Waals surface area contributed by atoms with Crippen LogP contribution in [0.5, 0.6) is 0 Å². The molecule has 0 bridgehead atoms. The van der Waals surface area contributed by atoms with Crippen molar-refractivity contribution in [1.29, 1.82) is 0 Å². The lowest BCUT2D eigenvalue weighted by molar-refractivity contribution is 0.0474. The molecule has 0 atom stereocenters. The summed E-state index contributed by atoms with van der Waals surface area (Å²) in [6.45, 7) is 0.265. The molecule has 0 N–H and O–H groups in total. The molecule has 3 aromatic carbocycles. The average Bonchev–Trinajstić information content (AvgIpc) is 3.07. The number of fused-ring (bicyclic) bond motifs is 2. The van der Waals surface area contributed by atoms with E-state index in [4.69, 9.17) is 4.74 Å². The number of ether oxygens (including phenoxy) is 1. The van der Waals surface area contributed by atoms with Crippen molar-refractivity contribution >= 4 is 38.3 Å². The van der Waals surface area contributed by atoms with Crippen LogP contribution in [0.4, 0.5) is 0 Å². The monoisotopic (exact) mass is 319 g/mol. The Kier molecular flexibility index (Phi) is 3.52. The van der Waals surface area contributed by atoms with Gasteiger partial charge in [0, 0.05) is 0 Å². The van der Waals surface area contributed by atoms with Crippen LogP contribution in [0, 0.1) is 0 Å². The maximum absolute atomic E-state index is 12.3. The molecule has 0 saturated heterocycles. The normalized spacial score (nSPS) is 11.0. The lowest BCUT2D eigenvalue weighted by atomic mass is 10.1. The van der Waals surface area contributed by atoms with Gasteiger partial charge >= 0.3 is 5.97 Å². The first kappa shape index (κ1) is 13.9. The van der Waals surface area contributed by atoms with E-state index in [0.717, 1.165) is 26.6 Å². The van der Waals surface area contributed by atoms with Crippen molar-refractivity contribution in [2.45, 2.75) is 6.61 Å². The number of benzene rings is 3. The Labute approximate surface area is 137 Å². The van der Waals surface area contributed by atoms with Crippen LogP contribution in [0.3, 0.4) is 0 Å². The van der Waals surface area contributed by atoms with E-state index in [2.05, 4.69) is 17.1 Å². The number of carbonyl (C=O) groups excluding carboxylic acids is 1. The van der Waals surface area contributed by atoms with Crippen molar-refractivity contribution in [3.8, 4) is 0 Å². The number of esters is 1. The van der Waals surface area contributed by atoms with Crippen LogP contribution < -0.4 is 0 Å². The Bertz CT molecular complexity index is 1000. The molecule has 3 nitrogen and oxygen atoms in total. The third kappa shape index (κ3) is 2.69. The van der Waals surface area contributed by atoms with Gasteiger partial charge in [-0.3, -0.25) is 0 Å². The Morgan fingerprint density at radius 3 is 2.87 bits per heavy atom. The highest BCUT2D eigenvalue weighted by atomic mass is 32.1. The first-order valence-corrected chi connectivity index (χ1v) is 8.16. The largest absolute Gasteiger partial charge is 0.457 e. The predicted octanol–water partition coefficient (Wildman–Crippen LogP) is 4.81. The lowest BCUT2D eigenvalue weighted by Crippen LogP contribution is -2.05. The summed E-state index contributed by atoms with van der Waals surface area (Å²) in [6, 6.07) is 19.6. The smallest absolute Gasteiger partial charge is 0.338 e. The maximum Gasteiger partial charge on any atom is 0.338 e. The predicted molar refractivity (Wildman–Crippen MR) is 92.7 cm³/mol. The second-order valence-electron chi connectivity index (χ2n) is 5.25. The van der Waals surface area contributed by atoms with Crippen LogP contribution in [0.2, 0.25) is 0 Å². The van der Waals surface area contributed by atoms with Gasteiger partial charge in [-0.05, 0) is 34.5 Å². The molecule has 0 fully saturated rings. The topological polar surface area (TPSA) is 39.2 Å². The molecular formula is C19H13NO2S. The van der Waals surface area contributed by atoms with Crippen molar-refractivity contribution in [2.75, 3.05) is 0 Å². The van der Waals surface area contributed by atoms with E-state index in [1.54, 1.807) is 11.6 Å². The number of hydrogen-bond donors (Lipinski definition) is 0. The van der Waals surface area contributed by atoms with E-state index in [1.807, 2.05) is 42.5 Å². The molecule has 4 heteroatoms. The number of hydrogen-bond acceptors (Lipinski definition) is 4. The van der Waals surface area contributed by atoms with Crippen LogP contribution in [0.1, 0.15) is 15.9 Å². The molecule has 0 spiro atoms. The number of aromatic nitrogens is 1. The molecule has 1 heterocycles.